The number of amides is 1. The number of nitrogens with zero attached hydrogens (tertiary/aromatic N) is 3. The molecular formula is C23H28FN7O4. The zero-order valence-corrected chi connectivity index (χ0v) is 19.9. The number of nitrogens with two attached hydrogens (primary N) is 2. The third-order valence-corrected chi connectivity index (χ3v) is 5.09. The summed E-state index contributed by atoms with van der Waals surface area (Å²) in [5.41, 5.74) is 13.5. The number of nitrogen functional groups attached to an aromatic ring is 1. The number of methoxy groups -OCH3 is 2. The molecule has 0 aliphatic carbocycles. The van der Waals surface area contributed by atoms with E-state index in [1.54, 1.807) is 6.07 Å². The molecule has 2 aromatic carbocycles. The highest BCUT2D eigenvalue weighted by Crippen LogP contribution is 2.37. The Morgan fingerprint density at radius 2 is 1.74 bits per heavy atom. The third-order valence-electron chi connectivity index (χ3n) is 5.09. The van der Waals surface area contributed by atoms with Crippen molar-refractivity contribution in [3.05, 3.63) is 42.3 Å². The highest BCUT2D eigenvalue weighted by molar-refractivity contribution is 5.79. The maximum Gasteiger partial charge on any atom is 0.409 e. The van der Waals surface area contributed by atoms with Gasteiger partial charge in [-0.15, -0.1) is 0 Å². The van der Waals surface area contributed by atoms with Crippen LogP contribution in [0.1, 0.15) is 13.8 Å². The summed E-state index contributed by atoms with van der Waals surface area (Å²) < 4.78 is 30.2. The second-order valence-corrected chi connectivity index (χ2v) is 7.21. The van der Waals surface area contributed by atoms with Gasteiger partial charge >= 0.3 is 6.09 Å². The quantitative estimate of drug-likeness (QED) is 0.310. The smallest absolute Gasteiger partial charge is 0.409 e. The van der Waals surface area contributed by atoms with Gasteiger partial charge in [0.25, 0.3) is 0 Å². The van der Waals surface area contributed by atoms with E-state index in [0.29, 0.717) is 28.6 Å². The van der Waals surface area contributed by atoms with Gasteiger partial charge in [0.2, 0.25) is 5.95 Å². The predicted molar refractivity (Wildman–Crippen MR) is 133 cm³/mol. The maximum atomic E-state index is 14.6. The highest BCUT2D eigenvalue weighted by atomic mass is 19.1. The van der Waals surface area contributed by atoms with E-state index in [2.05, 4.69) is 25.5 Å². The van der Waals surface area contributed by atoms with Crippen LogP contribution in [0.5, 0.6) is 17.2 Å². The van der Waals surface area contributed by atoms with Crippen LogP contribution in [0, 0.1) is 5.82 Å². The minimum absolute atomic E-state index is 0.0886. The van der Waals surface area contributed by atoms with Gasteiger partial charge in [0, 0.05) is 25.2 Å². The zero-order valence-electron chi connectivity index (χ0n) is 19.9. The van der Waals surface area contributed by atoms with Gasteiger partial charge in [-0.25, -0.2) is 14.2 Å². The molecule has 3 rings (SSSR count). The molecule has 0 aliphatic heterocycles. The fourth-order valence-electron chi connectivity index (χ4n) is 3.42. The van der Waals surface area contributed by atoms with E-state index in [-0.39, 0.29) is 17.5 Å². The molecule has 0 unspecified atom stereocenters. The maximum absolute atomic E-state index is 14.6. The fraction of sp³-hybridized carbons (Fsp3) is 0.261. The summed E-state index contributed by atoms with van der Waals surface area (Å²) in [5, 5.41) is 5.84. The van der Waals surface area contributed by atoms with Gasteiger partial charge in [-0.1, -0.05) is 0 Å². The predicted octanol–water partition coefficient (Wildman–Crippen LogP) is 4.01. The van der Waals surface area contributed by atoms with Crippen LogP contribution in [0.3, 0.4) is 0 Å². The normalized spacial score (nSPS) is 10.4. The van der Waals surface area contributed by atoms with E-state index in [1.165, 1.54) is 32.4 Å². The lowest BCUT2D eigenvalue weighted by Gasteiger charge is -2.24. The molecular weight excluding hydrogens is 457 g/mol. The first-order chi connectivity index (χ1) is 16.8. The Balaban J connectivity index is 1.92. The van der Waals surface area contributed by atoms with Crippen LogP contribution in [0.25, 0.3) is 0 Å². The summed E-state index contributed by atoms with van der Waals surface area (Å²) in [7, 11) is 2.98. The van der Waals surface area contributed by atoms with Crippen molar-refractivity contribution in [2.75, 3.05) is 48.6 Å². The molecule has 6 N–H and O–H groups in total. The zero-order chi connectivity index (χ0) is 25.5. The standard InChI is InChI=1S/C23H28FN7O4/c1-5-31(6-2)18-11-20(34-4)17(10-15(18)25)29-23-27-12-14(24)21(30-23)28-16-9-13(35-22(26)32)7-8-19(16)33-3/h7-12H,5-6,25H2,1-4H3,(H2,26,32)(H2,27,28,29,30). The topological polar surface area (TPSA) is 150 Å². The molecule has 0 radical (unpaired) electrons. The van der Waals surface area contributed by atoms with Gasteiger partial charge in [0.05, 0.1) is 43.2 Å². The Labute approximate surface area is 202 Å². The molecule has 0 saturated carbocycles. The van der Waals surface area contributed by atoms with Gasteiger partial charge in [-0.3, -0.25) is 0 Å². The number of nitrogens with one attached hydrogen (secondary N) is 2. The summed E-state index contributed by atoms with van der Waals surface area (Å²) in [4.78, 5) is 21.4. The number of hydrogen-bond donors (Lipinski definition) is 4. The first-order valence-electron chi connectivity index (χ1n) is 10.7. The lowest BCUT2D eigenvalue weighted by molar-refractivity contribution is 0.211. The Bertz CT molecular complexity index is 1200. The second-order valence-electron chi connectivity index (χ2n) is 7.21. The number of rotatable bonds is 10. The molecule has 0 saturated heterocycles. The van der Waals surface area contributed by atoms with E-state index in [4.69, 9.17) is 25.7 Å². The van der Waals surface area contributed by atoms with E-state index in [1.807, 2.05) is 19.9 Å². The van der Waals surface area contributed by atoms with Crippen molar-refractivity contribution in [2.24, 2.45) is 5.73 Å². The number of primary amides is 1. The number of carbonyl (C=O) groups excluding carboxylic acids is 1. The Hall–Kier alpha value is -4.48. The van der Waals surface area contributed by atoms with Crippen molar-refractivity contribution in [2.45, 2.75) is 13.8 Å². The largest absolute Gasteiger partial charge is 0.495 e. The fourth-order valence-corrected chi connectivity index (χ4v) is 3.42. The van der Waals surface area contributed by atoms with Crippen molar-refractivity contribution >= 4 is 40.6 Å². The van der Waals surface area contributed by atoms with E-state index in [0.717, 1.165) is 25.0 Å². The number of ether oxygens (including phenoxy) is 3. The molecule has 1 amide bonds. The molecule has 0 atom stereocenters. The summed E-state index contributed by atoms with van der Waals surface area (Å²) in [6, 6.07) is 7.97. The molecule has 11 nitrogen and oxygen atoms in total. The number of carbonyl (C=O) groups is 1. The van der Waals surface area contributed by atoms with Gasteiger partial charge in [0.1, 0.15) is 17.2 Å². The Kier molecular flexibility index (Phi) is 7.97. The highest BCUT2D eigenvalue weighted by Gasteiger charge is 2.16. The molecule has 3 aromatic rings. The van der Waals surface area contributed by atoms with Crippen LogP contribution >= 0.6 is 0 Å². The number of anilines is 6. The van der Waals surface area contributed by atoms with Crippen LogP contribution in [-0.4, -0.2) is 43.4 Å². The van der Waals surface area contributed by atoms with E-state index in [9.17, 15) is 9.18 Å². The van der Waals surface area contributed by atoms with Crippen molar-refractivity contribution in [3.63, 3.8) is 0 Å². The molecule has 0 spiro atoms. The number of halogens is 1. The first-order valence-corrected chi connectivity index (χ1v) is 10.7. The molecule has 1 heterocycles. The summed E-state index contributed by atoms with van der Waals surface area (Å²) in [6.07, 6.45) is 0.0228. The minimum Gasteiger partial charge on any atom is -0.495 e. The lowest BCUT2D eigenvalue weighted by Crippen LogP contribution is -2.23. The number of benzene rings is 2. The average Bonchev–Trinajstić information content (AvgIpc) is 2.83. The summed E-state index contributed by atoms with van der Waals surface area (Å²) in [6.45, 7) is 5.63. The van der Waals surface area contributed by atoms with Crippen LogP contribution in [0.4, 0.5) is 43.7 Å². The molecule has 186 valence electrons. The third kappa shape index (κ3) is 5.91. The second kappa shape index (κ2) is 11.1. The monoisotopic (exact) mass is 485 g/mol. The van der Waals surface area contributed by atoms with Crippen molar-refractivity contribution in [1.29, 1.82) is 0 Å². The molecule has 0 fully saturated rings. The van der Waals surface area contributed by atoms with Crippen LogP contribution in [0.2, 0.25) is 0 Å². The summed E-state index contributed by atoms with van der Waals surface area (Å²) in [5.74, 6) is 0.232. The van der Waals surface area contributed by atoms with Crippen LogP contribution < -0.4 is 41.2 Å². The Morgan fingerprint density at radius 3 is 2.37 bits per heavy atom. The van der Waals surface area contributed by atoms with E-state index >= 15 is 0 Å². The summed E-state index contributed by atoms with van der Waals surface area (Å²) >= 11 is 0. The van der Waals surface area contributed by atoms with Crippen LogP contribution in [-0.2, 0) is 0 Å². The van der Waals surface area contributed by atoms with Gasteiger partial charge in [0.15, 0.2) is 11.6 Å². The first kappa shape index (κ1) is 25.1. The van der Waals surface area contributed by atoms with Gasteiger partial charge in [-0.2, -0.15) is 4.98 Å². The molecule has 0 aliphatic rings. The molecule has 12 heteroatoms. The minimum atomic E-state index is -0.985. The van der Waals surface area contributed by atoms with Crippen molar-refractivity contribution in [1.82, 2.24) is 9.97 Å². The number of hydrogen-bond acceptors (Lipinski definition) is 10. The van der Waals surface area contributed by atoms with Gasteiger partial charge in [-0.05, 0) is 32.0 Å². The van der Waals surface area contributed by atoms with Crippen molar-refractivity contribution < 1.29 is 23.4 Å². The molecule has 0 bridgehead atoms. The SMILES string of the molecule is CCN(CC)c1cc(OC)c(Nc2ncc(F)c(Nc3cc(OC(N)=O)ccc3OC)n2)cc1N. The van der Waals surface area contributed by atoms with Crippen LogP contribution in [0.15, 0.2) is 36.5 Å². The number of aromatic nitrogens is 2. The Morgan fingerprint density at radius 1 is 1.06 bits per heavy atom. The molecule has 35 heavy (non-hydrogen) atoms. The molecule has 1 aromatic heterocycles. The average molecular weight is 486 g/mol. The van der Waals surface area contributed by atoms with Crippen molar-refractivity contribution in [3.8, 4) is 17.2 Å². The van der Waals surface area contributed by atoms with Gasteiger partial charge < -0.3 is 41.2 Å². The lowest BCUT2D eigenvalue weighted by atomic mass is 10.2. The van der Waals surface area contributed by atoms with E-state index < -0.39 is 11.9 Å².